The van der Waals surface area contributed by atoms with Gasteiger partial charge in [-0.05, 0) is 38.1 Å². The smallest absolute Gasteiger partial charge is 0.275 e. The average molecular weight is 505 g/mol. The Labute approximate surface area is 219 Å². The molecule has 1 N–H and O–H groups in total. The summed E-state index contributed by atoms with van der Waals surface area (Å²) in [5.41, 5.74) is 4.18. The number of ether oxygens (including phenoxy) is 1. The number of carbonyl (C=O) groups is 1. The molecule has 5 aromatic rings. The summed E-state index contributed by atoms with van der Waals surface area (Å²) in [4.78, 5) is 24.8. The van der Waals surface area contributed by atoms with Gasteiger partial charge in [0.15, 0.2) is 0 Å². The molecule has 8 heteroatoms. The van der Waals surface area contributed by atoms with Crippen molar-refractivity contribution in [3.63, 3.8) is 0 Å². The van der Waals surface area contributed by atoms with E-state index in [1.54, 1.807) is 22.9 Å². The molecule has 0 saturated heterocycles. The first-order chi connectivity index (χ1) is 18.4. The van der Waals surface area contributed by atoms with Gasteiger partial charge >= 0.3 is 0 Å². The highest BCUT2D eigenvalue weighted by Crippen LogP contribution is 2.32. The molecule has 0 aliphatic heterocycles. The second-order valence-corrected chi connectivity index (χ2v) is 8.76. The Morgan fingerprint density at radius 2 is 1.53 bits per heavy atom. The fourth-order valence-corrected chi connectivity index (χ4v) is 4.15. The zero-order valence-electron chi connectivity index (χ0n) is 20.8. The van der Waals surface area contributed by atoms with Gasteiger partial charge in [-0.2, -0.15) is 5.10 Å². The van der Waals surface area contributed by atoms with E-state index >= 15 is 0 Å². The fraction of sp³-hybridized carbons (Fsp3) is 0.0667. The minimum atomic E-state index is -0.522. The van der Waals surface area contributed by atoms with E-state index < -0.39 is 10.8 Å². The maximum atomic E-state index is 13.7. The van der Waals surface area contributed by atoms with Gasteiger partial charge < -0.3 is 10.1 Å². The Balaban J connectivity index is 1.54. The number of nitro benzene ring substituents is 1. The lowest BCUT2D eigenvalue weighted by molar-refractivity contribution is -0.384. The van der Waals surface area contributed by atoms with Crippen molar-refractivity contribution in [3.05, 3.63) is 130 Å². The molecule has 188 valence electrons. The van der Waals surface area contributed by atoms with E-state index in [0.717, 1.165) is 16.8 Å². The van der Waals surface area contributed by atoms with Crippen molar-refractivity contribution in [2.75, 3.05) is 5.32 Å². The van der Waals surface area contributed by atoms with Crippen LogP contribution in [0.4, 0.5) is 11.4 Å². The molecule has 0 unspecified atom stereocenters. The summed E-state index contributed by atoms with van der Waals surface area (Å²) in [6, 6.07) is 30.4. The van der Waals surface area contributed by atoms with Crippen molar-refractivity contribution >= 4 is 17.3 Å². The van der Waals surface area contributed by atoms with E-state index in [2.05, 4.69) is 5.32 Å². The van der Waals surface area contributed by atoms with Crippen LogP contribution in [0.5, 0.6) is 11.5 Å². The Bertz CT molecular complexity index is 1610. The van der Waals surface area contributed by atoms with Gasteiger partial charge in [0.05, 0.1) is 33.6 Å². The first-order valence-electron chi connectivity index (χ1n) is 11.9. The zero-order chi connectivity index (χ0) is 26.6. The second-order valence-electron chi connectivity index (χ2n) is 8.76. The number of aryl methyl sites for hydroxylation is 1. The van der Waals surface area contributed by atoms with E-state index in [-0.39, 0.29) is 17.1 Å². The van der Waals surface area contributed by atoms with Crippen LogP contribution in [-0.4, -0.2) is 20.6 Å². The number of anilines is 1. The highest BCUT2D eigenvalue weighted by molar-refractivity contribution is 6.09. The lowest BCUT2D eigenvalue weighted by Crippen LogP contribution is -2.14. The van der Waals surface area contributed by atoms with Crippen LogP contribution in [0.2, 0.25) is 0 Å². The van der Waals surface area contributed by atoms with Gasteiger partial charge in [0.1, 0.15) is 17.2 Å². The third-order valence-electron chi connectivity index (χ3n) is 6.01. The number of nitrogens with one attached hydrogen (secondary N) is 1. The molecule has 0 aliphatic rings. The van der Waals surface area contributed by atoms with E-state index in [1.807, 2.05) is 86.6 Å². The van der Waals surface area contributed by atoms with Gasteiger partial charge in [0, 0.05) is 17.7 Å². The van der Waals surface area contributed by atoms with Crippen LogP contribution in [0.3, 0.4) is 0 Å². The van der Waals surface area contributed by atoms with Crippen molar-refractivity contribution < 1.29 is 14.5 Å². The van der Waals surface area contributed by atoms with E-state index in [0.29, 0.717) is 22.7 Å². The molecule has 38 heavy (non-hydrogen) atoms. The summed E-state index contributed by atoms with van der Waals surface area (Å²) in [6.45, 7) is 3.77. The number of non-ortho nitro benzene ring substituents is 1. The molecule has 0 radical (unpaired) electrons. The fourth-order valence-electron chi connectivity index (χ4n) is 4.15. The summed E-state index contributed by atoms with van der Waals surface area (Å²) < 4.78 is 7.58. The first-order valence-corrected chi connectivity index (χ1v) is 11.9. The largest absolute Gasteiger partial charge is 0.457 e. The lowest BCUT2D eigenvalue weighted by atomic mass is 10.1. The molecule has 1 amide bonds. The quantitative estimate of drug-likeness (QED) is 0.188. The van der Waals surface area contributed by atoms with Crippen molar-refractivity contribution in [2.45, 2.75) is 13.8 Å². The highest BCUT2D eigenvalue weighted by Gasteiger charge is 2.24. The van der Waals surface area contributed by atoms with Crippen LogP contribution < -0.4 is 10.1 Å². The van der Waals surface area contributed by atoms with Crippen LogP contribution in [-0.2, 0) is 0 Å². The van der Waals surface area contributed by atoms with E-state index in [9.17, 15) is 14.9 Å². The van der Waals surface area contributed by atoms with Crippen molar-refractivity contribution in [2.24, 2.45) is 0 Å². The number of nitro groups is 1. The minimum Gasteiger partial charge on any atom is -0.457 e. The summed E-state index contributed by atoms with van der Waals surface area (Å²) in [7, 11) is 0. The van der Waals surface area contributed by atoms with E-state index in [1.165, 1.54) is 12.1 Å². The average Bonchev–Trinajstić information content (AvgIpc) is 3.28. The highest BCUT2D eigenvalue weighted by atomic mass is 16.6. The topological polar surface area (TPSA) is 99.3 Å². The van der Waals surface area contributed by atoms with Crippen LogP contribution in [0.15, 0.2) is 103 Å². The minimum absolute atomic E-state index is 0.204. The third kappa shape index (κ3) is 5.15. The normalized spacial score (nSPS) is 10.7. The molecular weight excluding hydrogens is 480 g/mol. The number of hydrogen-bond donors (Lipinski definition) is 1. The molecule has 0 saturated carbocycles. The second kappa shape index (κ2) is 10.4. The number of benzene rings is 4. The SMILES string of the molecule is Cc1ccc(Oc2cc(NC(=O)c3c(-c4ccccc4)nn(-c4ccccc4)c3C)cc([N+](=O)[O-])c2)cc1. The van der Waals surface area contributed by atoms with Crippen LogP contribution in [0.25, 0.3) is 16.9 Å². The lowest BCUT2D eigenvalue weighted by Gasteiger charge is -2.11. The van der Waals surface area contributed by atoms with E-state index in [4.69, 9.17) is 9.84 Å². The van der Waals surface area contributed by atoms with Crippen LogP contribution in [0.1, 0.15) is 21.6 Å². The molecule has 0 bridgehead atoms. The number of carbonyl (C=O) groups excluding carboxylic acids is 1. The summed E-state index contributed by atoms with van der Waals surface area (Å²) >= 11 is 0. The molecule has 1 aromatic heterocycles. The monoisotopic (exact) mass is 504 g/mol. The van der Waals surface area contributed by atoms with Crippen LogP contribution in [0, 0.1) is 24.0 Å². The van der Waals surface area contributed by atoms with Crippen molar-refractivity contribution in [3.8, 4) is 28.4 Å². The van der Waals surface area contributed by atoms with Crippen molar-refractivity contribution in [1.29, 1.82) is 0 Å². The molecule has 0 atom stereocenters. The summed E-state index contributed by atoms with van der Waals surface area (Å²) in [5, 5.41) is 19.2. The molecule has 1 heterocycles. The summed E-state index contributed by atoms with van der Waals surface area (Å²) in [5.74, 6) is 0.323. The number of nitrogens with zero attached hydrogens (tertiary/aromatic N) is 3. The molecule has 0 spiro atoms. The standard InChI is InChI=1S/C30H24N4O4/c1-20-13-15-26(16-14-20)38-27-18-23(17-25(19-27)34(36)37)31-30(35)28-21(2)33(24-11-7-4-8-12-24)32-29(28)22-9-5-3-6-10-22/h3-19H,1-2H3,(H,31,35). The predicted molar refractivity (Wildman–Crippen MR) is 146 cm³/mol. The third-order valence-corrected chi connectivity index (χ3v) is 6.01. The molecule has 8 nitrogen and oxygen atoms in total. The van der Waals surface area contributed by atoms with Gasteiger partial charge in [-0.1, -0.05) is 66.2 Å². The number of para-hydroxylation sites is 1. The number of hydrogen-bond acceptors (Lipinski definition) is 5. The van der Waals surface area contributed by atoms with Gasteiger partial charge in [0.2, 0.25) is 0 Å². The Hall–Kier alpha value is -5.24. The van der Waals surface area contributed by atoms with Gasteiger partial charge in [-0.15, -0.1) is 0 Å². The Morgan fingerprint density at radius 1 is 0.868 bits per heavy atom. The van der Waals surface area contributed by atoms with Crippen molar-refractivity contribution in [1.82, 2.24) is 9.78 Å². The molecular formula is C30H24N4O4. The first kappa shape index (κ1) is 24.5. The Morgan fingerprint density at radius 3 is 2.18 bits per heavy atom. The molecule has 5 rings (SSSR count). The number of rotatable bonds is 7. The molecule has 0 fully saturated rings. The predicted octanol–water partition coefficient (Wildman–Crippen LogP) is 7.11. The maximum Gasteiger partial charge on any atom is 0.275 e. The van der Waals surface area contributed by atoms with Gasteiger partial charge in [-0.3, -0.25) is 14.9 Å². The number of aromatic nitrogens is 2. The van der Waals surface area contributed by atoms with Gasteiger partial charge in [0.25, 0.3) is 11.6 Å². The van der Waals surface area contributed by atoms with Crippen LogP contribution >= 0.6 is 0 Å². The summed E-state index contributed by atoms with van der Waals surface area (Å²) in [6.07, 6.45) is 0. The Kier molecular flexibility index (Phi) is 6.69. The maximum absolute atomic E-state index is 13.7. The molecule has 4 aromatic carbocycles. The van der Waals surface area contributed by atoms with Gasteiger partial charge in [-0.25, -0.2) is 4.68 Å². The number of amides is 1. The zero-order valence-corrected chi connectivity index (χ0v) is 20.8. The molecule has 0 aliphatic carbocycles.